The number of hydrogen-bond acceptors (Lipinski definition) is 2. The number of benzene rings is 1. The van der Waals surface area contributed by atoms with Gasteiger partial charge in [-0.05, 0) is 57.1 Å². The molecule has 1 aromatic carbocycles. The highest BCUT2D eigenvalue weighted by atomic mass is 19.4. The largest absolute Gasteiger partial charge is 0.416 e. The summed E-state index contributed by atoms with van der Waals surface area (Å²) in [7, 11) is 0. The third-order valence-corrected chi connectivity index (χ3v) is 3.84. The third kappa shape index (κ3) is 5.02. The Kier molecular flexibility index (Phi) is 5.83. The summed E-state index contributed by atoms with van der Waals surface area (Å²) in [6, 6.07) is 4.51. The van der Waals surface area contributed by atoms with Gasteiger partial charge in [0.05, 0.1) is 5.56 Å². The van der Waals surface area contributed by atoms with Gasteiger partial charge in [-0.1, -0.05) is 12.5 Å². The maximum absolute atomic E-state index is 12.6. The Bertz CT molecular complexity index is 496. The lowest BCUT2D eigenvalue weighted by atomic mass is 10.1. The van der Waals surface area contributed by atoms with Crippen LogP contribution < -0.4 is 5.32 Å². The minimum atomic E-state index is -4.43. The second-order valence-electron chi connectivity index (χ2n) is 5.59. The maximum Gasteiger partial charge on any atom is 0.416 e. The molecule has 0 atom stereocenters. The number of halogens is 3. The summed E-state index contributed by atoms with van der Waals surface area (Å²) in [5.74, 6) is -0.454. The lowest BCUT2D eigenvalue weighted by Crippen LogP contribution is -2.33. The SMILES string of the molecule is O=C(NCCCN1CCCCC1)c1cccc(C(F)(F)F)c1. The number of alkyl halides is 3. The van der Waals surface area contributed by atoms with Crippen molar-refractivity contribution < 1.29 is 18.0 Å². The van der Waals surface area contributed by atoms with Gasteiger partial charge in [0.2, 0.25) is 0 Å². The number of likely N-dealkylation sites (tertiary alicyclic amines) is 1. The molecule has 1 amide bonds. The summed E-state index contributed by atoms with van der Waals surface area (Å²) in [5, 5.41) is 2.68. The van der Waals surface area contributed by atoms with Crippen molar-refractivity contribution in [2.45, 2.75) is 31.9 Å². The average Bonchev–Trinajstić information content (AvgIpc) is 2.52. The molecule has 0 saturated carbocycles. The van der Waals surface area contributed by atoms with Crippen LogP contribution in [0.3, 0.4) is 0 Å². The molecule has 1 fully saturated rings. The Labute approximate surface area is 128 Å². The van der Waals surface area contributed by atoms with Crippen molar-refractivity contribution >= 4 is 5.91 Å². The molecule has 0 aromatic heterocycles. The lowest BCUT2D eigenvalue weighted by Gasteiger charge is -2.26. The second kappa shape index (κ2) is 7.63. The molecule has 1 aliphatic rings. The number of rotatable bonds is 5. The topological polar surface area (TPSA) is 32.3 Å². The fourth-order valence-corrected chi connectivity index (χ4v) is 2.63. The zero-order valence-corrected chi connectivity index (χ0v) is 12.5. The first-order chi connectivity index (χ1) is 10.5. The van der Waals surface area contributed by atoms with Crippen LogP contribution in [-0.4, -0.2) is 37.0 Å². The second-order valence-corrected chi connectivity index (χ2v) is 5.59. The van der Waals surface area contributed by atoms with Crippen molar-refractivity contribution in [2.24, 2.45) is 0 Å². The maximum atomic E-state index is 12.6. The summed E-state index contributed by atoms with van der Waals surface area (Å²) in [4.78, 5) is 14.2. The van der Waals surface area contributed by atoms with Crippen molar-refractivity contribution in [2.75, 3.05) is 26.2 Å². The summed E-state index contributed by atoms with van der Waals surface area (Å²) >= 11 is 0. The molecule has 3 nitrogen and oxygen atoms in total. The molecule has 1 aliphatic heterocycles. The van der Waals surface area contributed by atoms with E-state index in [1.54, 1.807) is 0 Å². The van der Waals surface area contributed by atoms with E-state index in [0.717, 1.165) is 38.2 Å². The van der Waals surface area contributed by atoms with E-state index in [9.17, 15) is 18.0 Å². The van der Waals surface area contributed by atoms with Crippen LogP contribution in [-0.2, 0) is 6.18 Å². The molecule has 0 unspecified atom stereocenters. The highest BCUT2D eigenvalue weighted by Gasteiger charge is 2.30. The molecule has 1 N–H and O–H groups in total. The van der Waals surface area contributed by atoms with Crippen LogP contribution in [0.1, 0.15) is 41.6 Å². The highest BCUT2D eigenvalue weighted by molar-refractivity contribution is 5.94. The lowest BCUT2D eigenvalue weighted by molar-refractivity contribution is -0.137. The van der Waals surface area contributed by atoms with Crippen LogP contribution in [0, 0.1) is 0 Å². The van der Waals surface area contributed by atoms with Gasteiger partial charge in [-0.25, -0.2) is 0 Å². The standard InChI is InChI=1S/C16H21F3N2O/c17-16(18,19)14-7-4-6-13(12-14)15(22)20-8-5-11-21-9-2-1-3-10-21/h4,6-7,12H,1-3,5,8-11H2,(H,20,22). The fourth-order valence-electron chi connectivity index (χ4n) is 2.63. The van der Waals surface area contributed by atoms with Crippen molar-refractivity contribution in [1.82, 2.24) is 10.2 Å². The van der Waals surface area contributed by atoms with E-state index in [0.29, 0.717) is 6.54 Å². The Morgan fingerprint density at radius 3 is 2.59 bits per heavy atom. The van der Waals surface area contributed by atoms with Crippen LogP contribution in [0.15, 0.2) is 24.3 Å². The van der Waals surface area contributed by atoms with E-state index in [1.165, 1.54) is 31.4 Å². The molecule has 0 spiro atoms. The smallest absolute Gasteiger partial charge is 0.352 e. The average molecular weight is 314 g/mol. The number of amides is 1. The van der Waals surface area contributed by atoms with E-state index >= 15 is 0 Å². The first kappa shape index (κ1) is 16.8. The molecule has 0 bridgehead atoms. The summed E-state index contributed by atoms with van der Waals surface area (Å²) < 4.78 is 37.8. The van der Waals surface area contributed by atoms with Gasteiger partial charge in [0, 0.05) is 12.1 Å². The number of nitrogens with one attached hydrogen (secondary N) is 1. The zero-order chi connectivity index (χ0) is 16.0. The molecule has 1 heterocycles. The Morgan fingerprint density at radius 1 is 1.18 bits per heavy atom. The van der Waals surface area contributed by atoms with E-state index in [-0.39, 0.29) is 5.56 Å². The molecule has 6 heteroatoms. The minimum absolute atomic E-state index is 0.0489. The Morgan fingerprint density at radius 2 is 1.91 bits per heavy atom. The molecular formula is C16H21F3N2O. The number of nitrogens with zero attached hydrogens (tertiary/aromatic N) is 1. The van der Waals surface area contributed by atoms with Gasteiger partial charge in [-0.2, -0.15) is 13.2 Å². The van der Waals surface area contributed by atoms with Gasteiger partial charge in [-0.3, -0.25) is 4.79 Å². The van der Waals surface area contributed by atoms with Crippen molar-refractivity contribution in [3.8, 4) is 0 Å². The predicted octanol–water partition coefficient (Wildman–Crippen LogP) is 3.31. The van der Waals surface area contributed by atoms with Gasteiger partial charge in [0.15, 0.2) is 0 Å². The normalized spacial score (nSPS) is 16.5. The third-order valence-electron chi connectivity index (χ3n) is 3.84. The summed E-state index contributed by atoms with van der Waals surface area (Å²) in [6.45, 7) is 3.59. The molecular weight excluding hydrogens is 293 g/mol. The summed E-state index contributed by atoms with van der Waals surface area (Å²) in [5.41, 5.74) is -0.749. The monoisotopic (exact) mass is 314 g/mol. The highest BCUT2D eigenvalue weighted by Crippen LogP contribution is 2.29. The number of carbonyl (C=O) groups is 1. The van der Waals surface area contributed by atoms with E-state index < -0.39 is 17.6 Å². The van der Waals surface area contributed by atoms with Crippen molar-refractivity contribution in [3.63, 3.8) is 0 Å². The Balaban J connectivity index is 1.77. The summed E-state index contributed by atoms with van der Waals surface area (Å²) in [6.07, 6.45) is 0.102. The van der Waals surface area contributed by atoms with Crippen molar-refractivity contribution in [1.29, 1.82) is 0 Å². The number of hydrogen-bond donors (Lipinski definition) is 1. The minimum Gasteiger partial charge on any atom is -0.352 e. The number of carbonyl (C=O) groups excluding carboxylic acids is 1. The van der Waals surface area contributed by atoms with Gasteiger partial charge in [0.25, 0.3) is 5.91 Å². The van der Waals surface area contributed by atoms with Gasteiger partial charge < -0.3 is 10.2 Å². The van der Waals surface area contributed by atoms with E-state index in [2.05, 4.69) is 10.2 Å². The molecule has 122 valence electrons. The van der Waals surface area contributed by atoms with Crippen LogP contribution in [0.25, 0.3) is 0 Å². The molecule has 1 aromatic rings. The van der Waals surface area contributed by atoms with Crippen LogP contribution in [0.2, 0.25) is 0 Å². The number of piperidine rings is 1. The van der Waals surface area contributed by atoms with E-state index in [4.69, 9.17) is 0 Å². The van der Waals surface area contributed by atoms with Crippen LogP contribution in [0.4, 0.5) is 13.2 Å². The van der Waals surface area contributed by atoms with Gasteiger partial charge in [0.1, 0.15) is 0 Å². The van der Waals surface area contributed by atoms with Gasteiger partial charge in [-0.15, -0.1) is 0 Å². The predicted molar refractivity (Wildman–Crippen MR) is 78.7 cm³/mol. The zero-order valence-electron chi connectivity index (χ0n) is 12.5. The molecule has 0 aliphatic carbocycles. The van der Waals surface area contributed by atoms with Gasteiger partial charge >= 0.3 is 6.18 Å². The van der Waals surface area contributed by atoms with Crippen LogP contribution in [0.5, 0.6) is 0 Å². The fraction of sp³-hybridized carbons (Fsp3) is 0.562. The molecule has 1 saturated heterocycles. The first-order valence-corrected chi connectivity index (χ1v) is 7.64. The Hall–Kier alpha value is -1.56. The van der Waals surface area contributed by atoms with Crippen molar-refractivity contribution in [3.05, 3.63) is 35.4 Å². The quantitative estimate of drug-likeness (QED) is 0.846. The first-order valence-electron chi connectivity index (χ1n) is 7.64. The molecule has 2 rings (SSSR count). The van der Waals surface area contributed by atoms with Crippen LogP contribution >= 0.6 is 0 Å². The molecule has 0 radical (unpaired) electrons. The van der Waals surface area contributed by atoms with E-state index in [1.807, 2.05) is 0 Å². The molecule has 22 heavy (non-hydrogen) atoms.